The van der Waals surface area contributed by atoms with Gasteiger partial charge in [-0.1, -0.05) is 19.8 Å². The summed E-state index contributed by atoms with van der Waals surface area (Å²) in [6.45, 7) is 2.58. The van der Waals surface area contributed by atoms with E-state index in [4.69, 9.17) is 5.11 Å². The fourth-order valence-corrected chi connectivity index (χ4v) is 4.15. The molecule has 1 fully saturated rings. The second-order valence-electron chi connectivity index (χ2n) is 5.93. The van der Waals surface area contributed by atoms with Crippen molar-refractivity contribution in [3.8, 4) is 0 Å². The van der Waals surface area contributed by atoms with Crippen LogP contribution >= 0.6 is 0 Å². The molecule has 0 aromatic carbocycles. The van der Waals surface area contributed by atoms with Crippen molar-refractivity contribution in [2.75, 3.05) is 6.54 Å². The number of nitrogens with zero attached hydrogens (tertiary/aromatic N) is 1. The standard InChI is InChI=1S/C14H24N2O3S/c1-11-4-3-5-12(6-11)8-15-20(18,19)14-7-13(10-17)16(2)9-14/h7,9,11-12,15,17H,3-6,8,10H2,1-2H3. The van der Waals surface area contributed by atoms with Crippen molar-refractivity contribution in [3.63, 3.8) is 0 Å². The summed E-state index contributed by atoms with van der Waals surface area (Å²) in [6.07, 6.45) is 6.18. The SMILES string of the molecule is CC1CCCC(CNS(=O)(=O)c2cc(CO)n(C)c2)C1. The zero-order chi connectivity index (χ0) is 14.8. The van der Waals surface area contributed by atoms with Gasteiger partial charge < -0.3 is 9.67 Å². The van der Waals surface area contributed by atoms with E-state index in [-0.39, 0.29) is 11.5 Å². The molecule has 2 rings (SSSR count). The van der Waals surface area contributed by atoms with Gasteiger partial charge in [-0.25, -0.2) is 13.1 Å². The van der Waals surface area contributed by atoms with Gasteiger partial charge in [0.1, 0.15) is 0 Å². The highest BCUT2D eigenvalue weighted by atomic mass is 32.2. The predicted octanol–water partition coefficient (Wildman–Crippen LogP) is 1.62. The molecule has 1 aliphatic carbocycles. The zero-order valence-corrected chi connectivity index (χ0v) is 13.0. The fraction of sp³-hybridized carbons (Fsp3) is 0.714. The molecular formula is C14H24N2O3S. The summed E-state index contributed by atoms with van der Waals surface area (Å²) in [4.78, 5) is 0.230. The van der Waals surface area contributed by atoms with Crippen LogP contribution in [0, 0.1) is 11.8 Å². The van der Waals surface area contributed by atoms with E-state index in [0.717, 1.165) is 12.8 Å². The number of aliphatic hydroxyl groups excluding tert-OH is 1. The smallest absolute Gasteiger partial charge is 0.242 e. The van der Waals surface area contributed by atoms with Crippen LogP contribution in [0.25, 0.3) is 0 Å². The molecule has 1 heterocycles. The van der Waals surface area contributed by atoms with Crippen molar-refractivity contribution < 1.29 is 13.5 Å². The van der Waals surface area contributed by atoms with Crippen LogP contribution in [0.2, 0.25) is 0 Å². The molecule has 1 aromatic rings. The zero-order valence-electron chi connectivity index (χ0n) is 12.2. The highest BCUT2D eigenvalue weighted by Gasteiger charge is 2.22. The van der Waals surface area contributed by atoms with Crippen LogP contribution in [-0.4, -0.2) is 24.6 Å². The Kier molecular flexibility index (Phi) is 4.88. The number of aliphatic hydroxyl groups is 1. The Balaban J connectivity index is 1.99. The van der Waals surface area contributed by atoms with Gasteiger partial charge >= 0.3 is 0 Å². The molecule has 1 aromatic heterocycles. The van der Waals surface area contributed by atoms with Gasteiger partial charge in [0.25, 0.3) is 0 Å². The molecule has 0 aliphatic heterocycles. The van der Waals surface area contributed by atoms with Crippen molar-refractivity contribution in [3.05, 3.63) is 18.0 Å². The number of sulfonamides is 1. The van der Waals surface area contributed by atoms with Crippen LogP contribution in [0.3, 0.4) is 0 Å². The third kappa shape index (κ3) is 3.62. The summed E-state index contributed by atoms with van der Waals surface area (Å²) in [5, 5.41) is 9.12. The van der Waals surface area contributed by atoms with Gasteiger partial charge in [-0.2, -0.15) is 0 Å². The molecule has 2 unspecified atom stereocenters. The van der Waals surface area contributed by atoms with Crippen LogP contribution < -0.4 is 4.72 Å². The Hall–Kier alpha value is -0.850. The first-order valence-corrected chi connectivity index (χ1v) is 8.66. The van der Waals surface area contributed by atoms with E-state index >= 15 is 0 Å². The minimum Gasteiger partial charge on any atom is -0.390 e. The summed E-state index contributed by atoms with van der Waals surface area (Å²) >= 11 is 0. The van der Waals surface area contributed by atoms with Crippen LogP contribution in [0.1, 0.15) is 38.3 Å². The van der Waals surface area contributed by atoms with E-state index in [9.17, 15) is 8.42 Å². The second kappa shape index (κ2) is 6.28. The van der Waals surface area contributed by atoms with Gasteiger partial charge in [0, 0.05) is 25.5 Å². The molecule has 0 spiro atoms. The summed E-state index contributed by atoms with van der Waals surface area (Å²) in [7, 11) is -1.74. The molecule has 0 amide bonds. The van der Waals surface area contributed by atoms with Gasteiger partial charge in [-0.3, -0.25) is 0 Å². The molecular weight excluding hydrogens is 276 g/mol. The van der Waals surface area contributed by atoms with Crippen molar-refractivity contribution in [1.29, 1.82) is 0 Å². The Labute approximate surface area is 121 Å². The van der Waals surface area contributed by atoms with Gasteiger partial charge in [0.2, 0.25) is 10.0 Å². The van der Waals surface area contributed by atoms with Crippen LogP contribution in [-0.2, 0) is 23.7 Å². The lowest BCUT2D eigenvalue weighted by molar-refractivity contribution is 0.272. The van der Waals surface area contributed by atoms with E-state index in [1.54, 1.807) is 11.6 Å². The molecule has 5 nitrogen and oxygen atoms in total. The molecule has 2 atom stereocenters. The molecule has 1 saturated carbocycles. The number of rotatable bonds is 5. The van der Waals surface area contributed by atoms with E-state index in [2.05, 4.69) is 11.6 Å². The van der Waals surface area contributed by atoms with Crippen LogP contribution in [0.4, 0.5) is 0 Å². The number of hydrogen-bond acceptors (Lipinski definition) is 3. The van der Waals surface area contributed by atoms with E-state index in [1.807, 2.05) is 0 Å². The fourth-order valence-electron chi connectivity index (χ4n) is 2.94. The molecule has 0 radical (unpaired) electrons. The Bertz CT molecular complexity index is 551. The topological polar surface area (TPSA) is 71.3 Å². The summed E-state index contributed by atoms with van der Waals surface area (Å²) < 4.78 is 28.8. The minimum absolute atomic E-state index is 0.161. The maximum atomic E-state index is 12.2. The highest BCUT2D eigenvalue weighted by Crippen LogP contribution is 2.28. The minimum atomic E-state index is -3.47. The van der Waals surface area contributed by atoms with Crippen LogP contribution in [0.5, 0.6) is 0 Å². The predicted molar refractivity (Wildman–Crippen MR) is 77.6 cm³/mol. The van der Waals surface area contributed by atoms with Crippen molar-refractivity contribution >= 4 is 10.0 Å². The van der Waals surface area contributed by atoms with Gasteiger partial charge in [-0.05, 0) is 30.7 Å². The average molecular weight is 300 g/mol. The molecule has 114 valence electrons. The number of hydrogen-bond donors (Lipinski definition) is 2. The summed E-state index contributed by atoms with van der Waals surface area (Å²) in [5.41, 5.74) is 0.594. The number of aromatic nitrogens is 1. The summed E-state index contributed by atoms with van der Waals surface area (Å²) in [6, 6.07) is 1.52. The van der Waals surface area contributed by atoms with Crippen molar-refractivity contribution in [2.45, 2.75) is 44.1 Å². The first kappa shape index (κ1) is 15.5. The third-order valence-electron chi connectivity index (χ3n) is 4.16. The van der Waals surface area contributed by atoms with Crippen molar-refractivity contribution in [1.82, 2.24) is 9.29 Å². The molecule has 1 aliphatic rings. The highest BCUT2D eigenvalue weighted by molar-refractivity contribution is 7.89. The molecule has 2 N–H and O–H groups in total. The molecule has 20 heavy (non-hydrogen) atoms. The van der Waals surface area contributed by atoms with Crippen LogP contribution in [0.15, 0.2) is 17.2 Å². The average Bonchev–Trinajstić information content (AvgIpc) is 2.79. The molecule has 6 heteroatoms. The van der Waals surface area contributed by atoms with Gasteiger partial charge in [0.15, 0.2) is 0 Å². The van der Waals surface area contributed by atoms with Gasteiger partial charge in [-0.15, -0.1) is 0 Å². The maximum absolute atomic E-state index is 12.2. The number of aryl methyl sites for hydroxylation is 1. The van der Waals surface area contributed by atoms with E-state index < -0.39 is 10.0 Å². The Morgan fingerprint density at radius 3 is 2.80 bits per heavy atom. The molecule has 0 saturated heterocycles. The van der Waals surface area contributed by atoms with E-state index in [1.165, 1.54) is 25.1 Å². The van der Waals surface area contributed by atoms with Crippen molar-refractivity contribution in [2.24, 2.45) is 18.9 Å². The summed E-state index contributed by atoms with van der Waals surface area (Å²) in [5.74, 6) is 1.13. The largest absolute Gasteiger partial charge is 0.390 e. The lowest BCUT2D eigenvalue weighted by Gasteiger charge is -2.26. The first-order valence-electron chi connectivity index (χ1n) is 7.18. The lowest BCUT2D eigenvalue weighted by Crippen LogP contribution is -2.31. The molecule has 0 bridgehead atoms. The quantitative estimate of drug-likeness (QED) is 0.868. The monoisotopic (exact) mass is 300 g/mol. The number of nitrogens with one attached hydrogen (secondary N) is 1. The third-order valence-corrected chi connectivity index (χ3v) is 5.55. The normalized spacial score (nSPS) is 23.9. The first-order chi connectivity index (χ1) is 9.42. The van der Waals surface area contributed by atoms with Gasteiger partial charge in [0.05, 0.1) is 11.5 Å². The maximum Gasteiger partial charge on any atom is 0.242 e. The Morgan fingerprint density at radius 1 is 1.45 bits per heavy atom. The second-order valence-corrected chi connectivity index (χ2v) is 7.69. The van der Waals surface area contributed by atoms with E-state index in [0.29, 0.717) is 24.1 Å². The lowest BCUT2D eigenvalue weighted by atomic mass is 9.83. The Morgan fingerprint density at radius 2 is 2.20 bits per heavy atom.